The molecule has 66 valence electrons. The van der Waals surface area contributed by atoms with Gasteiger partial charge in [-0.2, -0.15) is 8.42 Å². The van der Waals surface area contributed by atoms with Gasteiger partial charge < -0.3 is 9.90 Å². The predicted molar refractivity (Wildman–Crippen MR) is 35.2 cm³/mol. The van der Waals surface area contributed by atoms with E-state index >= 15 is 0 Å². The van der Waals surface area contributed by atoms with Crippen molar-refractivity contribution in [2.45, 2.75) is 13.8 Å². The first kappa shape index (κ1) is 10.4. The highest BCUT2D eigenvalue weighted by atomic mass is 32.2. The maximum Gasteiger partial charge on any atom is 0.265 e. The topological polar surface area (TPSA) is 94.5 Å². The fraction of sp³-hybridized carbons (Fsp3) is 0.800. The fourth-order valence-corrected chi connectivity index (χ4v) is 1.54. The third-order valence-electron chi connectivity index (χ3n) is 1.10. The molecular formula is C5H9O5S-. The molecule has 0 aromatic rings. The second-order valence-electron chi connectivity index (χ2n) is 2.90. The molecule has 0 spiro atoms. The lowest BCUT2D eigenvalue weighted by Gasteiger charge is -2.23. The van der Waals surface area contributed by atoms with Gasteiger partial charge in [-0.1, -0.05) is 13.8 Å². The number of hydrogen-bond acceptors (Lipinski definition) is 4. The Balaban J connectivity index is 4.51. The first-order valence-corrected chi connectivity index (χ1v) is 4.43. The fourth-order valence-electron chi connectivity index (χ4n) is 0.515. The number of carbonyl (C=O) groups is 1. The van der Waals surface area contributed by atoms with Gasteiger partial charge in [-0.05, 0) is 0 Å². The molecule has 5 nitrogen and oxygen atoms in total. The molecule has 0 bridgehead atoms. The van der Waals surface area contributed by atoms with Crippen molar-refractivity contribution in [3.05, 3.63) is 0 Å². The van der Waals surface area contributed by atoms with Crippen LogP contribution in [0.15, 0.2) is 0 Å². The van der Waals surface area contributed by atoms with Gasteiger partial charge in [-0.15, -0.1) is 0 Å². The van der Waals surface area contributed by atoms with Gasteiger partial charge in [-0.25, -0.2) is 0 Å². The highest BCUT2D eigenvalue weighted by Gasteiger charge is 2.25. The normalized spacial score (nSPS) is 13.0. The summed E-state index contributed by atoms with van der Waals surface area (Å²) < 4.78 is 28.7. The molecule has 0 aromatic heterocycles. The molecular weight excluding hydrogens is 172 g/mol. The highest BCUT2D eigenvalue weighted by Crippen LogP contribution is 2.15. The summed E-state index contributed by atoms with van der Waals surface area (Å²) in [5, 5.41) is 10.2. The van der Waals surface area contributed by atoms with Crippen molar-refractivity contribution < 1.29 is 22.9 Å². The van der Waals surface area contributed by atoms with Gasteiger partial charge in [0.2, 0.25) is 0 Å². The van der Waals surface area contributed by atoms with E-state index in [0.29, 0.717) is 0 Å². The van der Waals surface area contributed by atoms with Crippen LogP contribution in [0.1, 0.15) is 13.8 Å². The van der Waals surface area contributed by atoms with Gasteiger partial charge in [0.1, 0.15) is 0 Å². The summed E-state index contributed by atoms with van der Waals surface area (Å²) in [5.41, 5.74) is -1.55. The quantitative estimate of drug-likeness (QED) is 0.543. The summed E-state index contributed by atoms with van der Waals surface area (Å²) in [5.74, 6) is -2.34. The molecule has 0 aliphatic carbocycles. The molecule has 0 fully saturated rings. The van der Waals surface area contributed by atoms with Crippen LogP contribution in [0.25, 0.3) is 0 Å². The molecule has 0 radical (unpaired) electrons. The number of hydrogen-bond donors (Lipinski definition) is 1. The second-order valence-corrected chi connectivity index (χ2v) is 4.35. The van der Waals surface area contributed by atoms with Crippen molar-refractivity contribution in [3.8, 4) is 0 Å². The molecule has 0 atom stereocenters. The van der Waals surface area contributed by atoms with Gasteiger partial charge >= 0.3 is 0 Å². The third kappa shape index (κ3) is 3.94. The zero-order chi connectivity index (χ0) is 9.28. The average Bonchev–Trinajstić information content (AvgIpc) is 1.56. The van der Waals surface area contributed by atoms with Crippen LogP contribution in [0.5, 0.6) is 0 Å². The summed E-state index contributed by atoms with van der Waals surface area (Å²) >= 11 is 0. The smallest absolute Gasteiger partial charge is 0.265 e. The minimum Gasteiger partial charge on any atom is -0.550 e. The maximum atomic E-state index is 10.2. The van der Waals surface area contributed by atoms with Crippen molar-refractivity contribution in [2.75, 3.05) is 5.75 Å². The Morgan fingerprint density at radius 3 is 2.00 bits per heavy atom. The molecule has 0 aliphatic rings. The van der Waals surface area contributed by atoms with Crippen LogP contribution in [0.4, 0.5) is 0 Å². The number of aliphatic carboxylic acids is 1. The SMILES string of the molecule is CC(C)(CS(=O)(=O)O)C(=O)[O-]. The van der Waals surface area contributed by atoms with E-state index in [-0.39, 0.29) is 0 Å². The minimum atomic E-state index is -4.25. The first-order valence-electron chi connectivity index (χ1n) is 2.82. The number of carboxylic acid groups (broad SMARTS) is 1. The zero-order valence-corrected chi connectivity index (χ0v) is 7.01. The van der Waals surface area contributed by atoms with Crippen LogP contribution >= 0.6 is 0 Å². The molecule has 0 aromatic carbocycles. The second kappa shape index (κ2) is 2.78. The van der Waals surface area contributed by atoms with Crippen LogP contribution in [0.2, 0.25) is 0 Å². The molecule has 0 rings (SSSR count). The molecule has 11 heavy (non-hydrogen) atoms. The van der Waals surface area contributed by atoms with Gasteiger partial charge in [0.25, 0.3) is 10.1 Å². The van der Waals surface area contributed by atoms with E-state index in [1.54, 1.807) is 0 Å². The van der Waals surface area contributed by atoms with Crippen molar-refractivity contribution in [1.29, 1.82) is 0 Å². The van der Waals surface area contributed by atoms with Crippen LogP contribution in [-0.2, 0) is 14.9 Å². The summed E-state index contributed by atoms with van der Waals surface area (Å²) in [6.07, 6.45) is 0. The summed E-state index contributed by atoms with van der Waals surface area (Å²) in [4.78, 5) is 10.2. The van der Waals surface area contributed by atoms with Crippen LogP contribution in [-0.4, -0.2) is 24.7 Å². The Kier molecular flexibility index (Phi) is 2.63. The van der Waals surface area contributed by atoms with E-state index in [1.165, 1.54) is 0 Å². The molecule has 0 heterocycles. The van der Waals surface area contributed by atoms with Crippen LogP contribution < -0.4 is 5.11 Å². The van der Waals surface area contributed by atoms with Crippen molar-refractivity contribution >= 4 is 16.1 Å². The van der Waals surface area contributed by atoms with Crippen molar-refractivity contribution in [3.63, 3.8) is 0 Å². The lowest BCUT2D eigenvalue weighted by atomic mass is 9.97. The molecule has 1 N–H and O–H groups in total. The van der Waals surface area contributed by atoms with E-state index in [0.717, 1.165) is 13.8 Å². The van der Waals surface area contributed by atoms with Crippen molar-refractivity contribution in [1.82, 2.24) is 0 Å². The molecule has 0 amide bonds. The van der Waals surface area contributed by atoms with Gasteiger partial charge in [0.15, 0.2) is 0 Å². The Bertz CT molecular complexity index is 250. The summed E-state index contributed by atoms with van der Waals surface area (Å²) in [6, 6.07) is 0. The van der Waals surface area contributed by atoms with Crippen molar-refractivity contribution in [2.24, 2.45) is 5.41 Å². The predicted octanol–water partition coefficient (Wildman–Crippen LogP) is -1.35. The Labute approximate surface area is 64.8 Å². The van der Waals surface area contributed by atoms with Crippen LogP contribution in [0.3, 0.4) is 0 Å². The zero-order valence-electron chi connectivity index (χ0n) is 6.20. The molecule has 0 unspecified atom stereocenters. The number of rotatable bonds is 3. The molecule has 0 aliphatic heterocycles. The monoisotopic (exact) mass is 181 g/mol. The average molecular weight is 181 g/mol. The Morgan fingerprint density at radius 1 is 1.55 bits per heavy atom. The number of carbonyl (C=O) groups excluding carboxylic acids is 1. The third-order valence-corrected chi connectivity index (χ3v) is 2.18. The Morgan fingerprint density at radius 2 is 1.91 bits per heavy atom. The van der Waals surface area contributed by atoms with E-state index in [2.05, 4.69) is 0 Å². The largest absolute Gasteiger partial charge is 0.550 e. The highest BCUT2D eigenvalue weighted by molar-refractivity contribution is 7.85. The summed E-state index contributed by atoms with van der Waals surface area (Å²) in [7, 11) is -4.25. The maximum absolute atomic E-state index is 10.2. The van der Waals surface area contributed by atoms with Gasteiger partial charge in [-0.3, -0.25) is 4.55 Å². The van der Waals surface area contributed by atoms with Crippen LogP contribution in [0, 0.1) is 5.41 Å². The lowest BCUT2D eigenvalue weighted by molar-refractivity contribution is -0.316. The van der Waals surface area contributed by atoms with Gasteiger partial charge in [0, 0.05) is 11.4 Å². The van der Waals surface area contributed by atoms with E-state index in [1.807, 2.05) is 0 Å². The lowest BCUT2D eigenvalue weighted by Crippen LogP contribution is -2.42. The van der Waals surface area contributed by atoms with Gasteiger partial charge in [0.05, 0.1) is 5.75 Å². The van der Waals surface area contributed by atoms with E-state index < -0.39 is 27.3 Å². The number of carboxylic acids is 1. The molecule has 0 saturated carbocycles. The summed E-state index contributed by atoms with van der Waals surface area (Å²) in [6.45, 7) is 2.33. The standard InChI is InChI=1S/C5H10O5S/c1-5(2,4(6)7)3-11(8,9)10/h3H2,1-2H3,(H,6,7)(H,8,9,10)/p-1. The van der Waals surface area contributed by atoms with E-state index in [9.17, 15) is 18.3 Å². The molecule has 0 saturated heterocycles. The Hall–Kier alpha value is -0.620. The minimum absolute atomic E-state index is 0.831. The first-order chi connectivity index (χ1) is 4.65. The molecule has 6 heteroatoms. The van der Waals surface area contributed by atoms with E-state index in [4.69, 9.17) is 4.55 Å².